The second-order valence-corrected chi connectivity index (χ2v) is 3.43. The fourth-order valence-electron chi connectivity index (χ4n) is 1.23. The third kappa shape index (κ3) is 4.31. The van der Waals surface area contributed by atoms with Crippen LogP contribution in [0.2, 0.25) is 0 Å². The zero-order valence-electron chi connectivity index (χ0n) is 9.40. The fraction of sp³-hybridized carbons (Fsp3) is 0.417. The highest BCUT2D eigenvalue weighted by Crippen LogP contribution is 2.10. The molecule has 0 aliphatic heterocycles. The third-order valence-corrected chi connectivity index (χ3v) is 2.04. The van der Waals surface area contributed by atoms with Crippen LogP contribution in [0.25, 0.3) is 0 Å². The molecule has 0 aliphatic carbocycles. The molecule has 0 saturated carbocycles. The summed E-state index contributed by atoms with van der Waals surface area (Å²) < 4.78 is 4.88. The molecule has 4 nitrogen and oxygen atoms in total. The van der Waals surface area contributed by atoms with E-state index >= 15 is 0 Å². The molecule has 1 aromatic carbocycles. The van der Waals surface area contributed by atoms with Crippen LogP contribution in [0.4, 0.5) is 10.5 Å². The highest BCUT2D eigenvalue weighted by molar-refractivity contribution is 5.84. The maximum absolute atomic E-state index is 11.2. The van der Waals surface area contributed by atoms with E-state index in [1.165, 1.54) is 0 Å². The molecule has 1 aromatic rings. The molecule has 4 heteroatoms. The van der Waals surface area contributed by atoms with Gasteiger partial charge in [-0.3, -0.25) is 5.32 Å². The van der Waals surface area contributed by atoms with Gasteiger partial charge in [-0.1, -0.05) is 19.1 Å². The first-order chi connectivity index (χ1) is 7.76. The Morgan fingerprint density at radius 3 is 2.62 bits per heavy atom. The number of aliphatic hydroxyl groups excluding tert-OH is 1. The first-order valence-electron chi connectivity index (χ1n) is 5.40. The van der Waals surface area contributed by atoms with Crippen LogP contribution in [0, 0.1) is 0 Å². The summed E-state index contributed by atoms with van der Waals surface area (Å²) in [4.78, 5) is 11.2. The van der Waals surface area contributed by atoms with Crippen molar-refractivity contribution in [2.75, 3.05) is 18.5 Å². The first kappa shape index (κ1) is 12.5. The summed E-state index contributed by atoms with van der Waals surface area (Å²) in [6.07, 6.45) is 1.00. The van der Waals surface area contributed by atoms with Crippen molar-refractivity contribution >= 4 is 11.8 Å². The molecule has 0 heterocycles. The van der Waals surface area contributed by atoms with E-state index in [2.05, 4.69) is 5.32 Å². The second-order valence-electron chi connectivity index (χ2n) is 3.43. The molecule has 0 spiro atoms. The molecule has 0 atom stereocenters. The van der Waals surface area contributed by atoms with Gasteiger partial charge in [0, 0.05) is 12.3 Å². The minimum absolute atomic E-state index is 0.130. The van der Waals surface area contributed by atoms with Gasteiger partial charge in [-0.2, -0.15) is 0 Å². The number of hydrogen-bond donors (Lipinski definition) is 2. The number of benzene rings is 1. The molecule has 0 saturated heterocycles. The molecule has 0 bridgehead atoms. The van der Waals surface area contributed by atoms with Gasteiger partial charge in [0.25, 0.3) is 0 Å². The molecule has 1 rings (SSSR count). The highest BCUT2D eigenvalue weighted by atomic mass is 16.5. The smallest absolute Gasteiger partial charge is 0.411 e. The lowest BCUT2D eigenvalue weighted by atomic mass is 10.1. The number of ether oxygens (including phenoxy) is 1. The maximum Gasteiger partial charge on any atom is 0.411 e. The number of amides is 1. The summed E-state index contributed by atoms with van der Waals surface area (Å²) in [6.45, 7) is 2.50. The summed E-state index contributed by atoms with van der Waals surface area (Å²) in [5.74, 6) is 0. The van der Waals surface area contributed by atoms with Gasteiger partial charge >= 0.3 is 6.09 Å². The lowest BCUT2D eigenvalue weighted by Gasteiger charge is -2.06. The Hall–Kier alpha value is -1.55. The molecular weight excluding hydrogens is 206 g/mol. The van der Waals surface area contributed by atoms with E-state index in [9.17, 15) is 4.79 Å². The van der Waals surface area contributed by atoms with E-state index in [0.717, 1.165) is 12.0 Å². The topological polar surface area (TPSA) is 58.6 Å². The van der Waals surface area contributed by atoms with Gasteiger partial charge in [-0.15, -0.1) is 0 Å². The van der Waals surface area contributed by atoms with Crippen LogP contribution < -0.4 is 5.32 Å². The minimum Gasteiger partial charge on any atom is -0.449 e. The predicted octanol–water partition coefficient (Wildman–Crippen LogP) is 2.18. The Kier molecular flexibility index (Phi) is 5.36. The molecule has 88 valence electrons. The highest BCUT2D eigenvalue weighted by Gasteiger charge is 2.01. The number of carbonyl (C=O) groups is 1. The molecule has 1 amide bonds. The number of anilines is 1. The van der Waals surface area contributed by atoms with Crippen molar-refractivity contribution in [2.45, 2.75) is 19.8 Å². The van der Waals surface area contributed by atoms with Gasteiger partial charge in [0.2, 0.25) is 0 Å². The van der Waals surface area contributed by atoms with E-state index in [1.54, 1.807) is 12.1 Å². The normalized spacial score (nSPS) is 9.88. The number of nitrogens with one attached hydrogen (secondary N) is 1. The van der Waals surface area contributed by atoms with Crippen molar-refractivity contribution < 1.29 is 14.6 Å². The molecule has 0 unspecified atom stereocenters. The molecule has 0 aromatic heterocycles. The maximum atomic E-state index is 11.2. The SMILES string of the molecule is CCCOC(=O)Nc1ccc(CCO)cc1. The lowest BCUT2D eigenvalue weighted by molar-refractivity contribution is 0.161. The molecule has 0 aliphatic rings. The van der Waals surface area contributed by atoms with Gasteiger partial charge in [0.1, 0.15) is 0 Å². The van der Waals surface area contributed by atoms with Gasteiger partial charge in [-0.25, -0.2) is 4.79 Å². The number of hydrogen-bond acceptors (Lipinski definition) is 3. The van der Waals surface area contributed by atoms with Crippen LogP contribution in [0.5, 0.6) is 0 Å². The fourth-order valence-corrected chi connectivity index (χ4v) is 1.23. The van der Waals surface area contributed by atoms with Crippen molar-refractivity contribution in [3.8, 4) is 0 Å². The number of rotatable bonds is 5. The summed E-state index contributed by atoms with van der Waals surface area (Å²) in [6, 6.07) is 7.31. The average Bonchev–Trinajstić information content (AvgIpc) is 2.29. The van der Waals surface area contributed by atoms with Crippen molar-refractivity contribution in [1.29, 1.82) is 0 Å². The molecular formula is C12H17NO3. The quantitative estimate of drug-likeness (QED) is 0.804. The van der Waals surface area contributed by atoms with Gasteiger partial charge < -0.3 is 9.84 Å². The van der Waals surface area contributed by atoms with Crippen LogP contribution in [-0.2, 0) is 11.2 Å². The zero-order chi connectivity index (χ0) is 11.8. The van der Waals surface area contributed by atoms with Crippen LogP contribution in [0.3, 0.4) is 0 Å². The summed E-state index contributed by atoms with van der Waals surface area (Å²) in [5, 5.41) is 11.4. The van der Waals surface area contributed by atoms with E-state index in [1.807, 2.05) is 19.1 Å². The lowest BCUT2D eigenvalue weighted by Crippen LogP contribution is -2.13. The van der Waals surface area contributed by atoms with Gasteiger partial charge in [-0.05, 0) is 30.5 Å². The standard InChI is InChI=1S/C12H17NO3/c1-2-9-16-12(15)13-11-5-3-10(4-6-11)7-8-14/h3-6,14H,2,7-9H2,1H3,(H,13,15). The average molecular weight is 223 g/mol. The molecule has 2 N–H and O–H groups in total. The monoisotopic (exact) mass is 223 g/mol. The first-order valence-corrected chi connectivity index (χ1v) is 5.40. The van der Waals surface area contributed by atoms with Crippen LogP contribution in [0.15, 0.2) is 24.3 Å². The van der Waals surface area contributed by atoms with E-state index < -0.39 is 6.09 Å². The van der Waals surface area contributed by atoms with Crippen molar-refractivity contribution in [3.05, 3.63) is 29.8 Å². The van der Waals surface area contributed by atoms with Crippen LogP contribution in [-0.4, -0.2) is 24.4 Å². The van der Waals surface area contributed by atoms with E-state index in [-0.39, 0.29) is 6.61 Å². The Morgan fingerprint density at radius 2 is 2.06 bits per heavy atom. The Bertz CT molecular complexity index is 322. The predicted molar refractivity (Wildman–Crippen MR) is 62.5 cm³/mol. The zero-order valence-corrected chi connectivity index (χ0v) is 9.40. The van der Waals surface area contributed by atoms with Gasteiger partial charge in [0.15, 0.2) is 0 Å². The van der Waals surface area contributed by atoms with E-state index in [4.69, 9.17) is 9.84 Å². The largest absolute Gasteiger partial charge is 0.449 e. The van der Waals surface area contributed by atoms with Crippen molar-refractivity contribution in [1.82, 2.24) is 0 Å². The van der Waals surface area contributed by atoms with Crippen LogP contribution >= 0.6 is 0 Å². The summed E-state index contributed by atoms with van der Waals surface area (Å²) >= 11 is 0. The van der Waals surface area contributed by atoms with Gasteiger partial charge in [0.05, 0.1) is 6.61 Å². The van der Waals surface area contributed by atoms with Crippen molar-refractivity contribution in [3.63, 3.8) is 0 Å². The Labute approximate surface area is 95.2 Å². The van der Waals surface area contributed by atoms with E-state index in [0.29, 0.717) is 18.7 Å². The third-order valence-electron chi connectivity index (χ3n) is 2.04. The second kappa shape index (κ2) is 6.85. The molecule has 16 heavy (non-hydrogen) atoms. The number of carbonyl (C=O) groups excluding carboxylic acids is 1. The minimum atomic E-state index is -0.434. The summed E-state index contributed by atoms with van der Waals surface area (Å²) in [5.41, 5.74) is 1.73. The number of aliphatic hydroxyl groups is 1. The Balaban J connectivity index is 2.45. The molecule has 0 fully saturated rings. The summed E-state index contributed by atoms with van der Waals surface area (Å²) in [7, 11) is 0. The Morgan fingerprint density at radius 1 is 1.38 bits per heavy atom. The molecule has 0 radical (unpaired) electrons. The van der Waals surface area contributed by atoms with Crippen LogP contribution in [0.1, 0.15) is 18.9 Å². The van der Waals surface area contributed by atoms with Crippen molar-refractivity contribution in [2.24, 2.45) is 0 Å².